The topological polar surface area (TPSA) is 64.3 Å². The number of alkyl carbamates (subject to hydrolysis) is 1. The summed E-state index contributed by atoms with van der Waals surface area (Å²) in [6, 6.07) is 0. The monoisotopic (exact) mass is 282 g/mol. The SMILES string of the molecule is NCC1CCCC(CNC(=O)OC2CCCCCC2)C1. The van der Waals surface area contributed by atoms with Crippen LogP contribution in [0.4, 0.5) is 4.79 Å². The van der Waals surface area contributed by atoms with E-state index in [1.54, 1.807) is 0 Å². The van der Waals surface area contributed by atoms with Gasteiger partial charge in [-0.25, -0.2) is 4.79 Å². The largest absolute Gasteiger partial charge is 0.446 e. The second kappa shape index (κ2) is 8.50. The molecular formula is C16H30N2O2. The van der Waals surface area contributed by atoms with E-state index in [9.17, 15) is 4.79 Å². The van der Waals surface area contributed by atoms with Crippen molar-refractivity contribution in [1.82, 2.24) is 5.32 Å². The van der Waals surface area contributed by atoms with Crippen molar-refractivity contribution in [3.05, 3.63) is 0 Å². The maximum absolute atomic E-state index is 11.9. The van der Waals surface area contributed by atoms with Crippen molar-refractivity contribution in [3.63, 3.8) is 0 Å². The van der Waals surface area contributed by atoms with Crippen LogP contribution in [0.5, 0.6) is 0 Å². The van der Waals surface area contributed by atoms with Gasteiger partial charge in [-0.1, -0.05) is 19.3 Å². The van der Waals surface area contributed by atoms with Gasteiger partial charge in [0.2, 0.25) is 0 Å². The number of ether oxygens (including phenoxy) is 1. The highest BCUT2D eigenvalue weighted by Gasteiger charge is 2.22. The van der Waals surface area contributed by atoms with Gasteiger partial charge in [0, 0.05) is 6.54 Å². The summed E-state index contributed by atoms with van der Waals surface area (Å²) >= 11 is 0. The third-order valence-corrected chi connectivity index (χ3v) is 4.84. The predicted octanol–water partition coefficient (Wildman–Crippen LogP) is 3.20. The second-order valence-electron chi connectivity index (χ2n) is 6.53. The molecule has 2 saturated carbocycles. The van der Waals surface area contributed by atoms with E-state index in [1.807, 2.05) is 0 Å². The molecule has 0 aromatic rings. The summed E-state index contributed by atoms with van der Waals surface area (Å²) in [7, 11) is 0. The Balaban J connectivity index is 1.64. The van der Waals surface area contributed by atoms with Crippen molar-refractivity contribution in [2.24, 2.45) is 17.6 Å². The van der Waals surface area contributed by atoms with Gasteiger partial charge in [0.05, 0.1) is 0 Å². The van der Waals surface area contributed by atoms with Gasteiger partial charge in [-0.2, -0.15) is 0 Å². The summed E-state index contributed by atoms with van der Waals surface area (Å²) in [6.45, 7) is 1.53. The molecule has 1 amide bonds. The molecule has 4 nitrogen and oxygen atoms in total. The van der Waals surface area contributed by atoms with Crippen molar-refractivity contribution in [1.29, 1.82) is 0 Å². The van der Waals surface area contributed by atoms with Crippen LogP contribution in [0.1, 0.15) is 64.2 Å². The van der Waals surface area contributed by atoms with Crippen LogP contribution in [0, 0.1) is 11.8 Å². The summed E-state index contributed by atoms with van der Waals surface area (Å²) in [4.78, 5) is 11.9. The number of amides is 1. The lowest BCUT2D eigenvalue weighted by molar-refractivity contribution is 0.0867. The van der Waals surface area contributed by atoms with Crippen LogP contribution in [0.3, 0.4) is 0 Å². The smallest absolute Gasteiger partial charge is 0.407 e. The molecule has 2 aliphatic rings. The van der Waals surface area contributed by atoms with Crippen LogP contribution < -0.4 is 11.1 Å². The third-order valence-electron chi connectivity index (χ3n) is 4.84. The van der Waals surface area contributed by atoms with E-state index in [1.165, 1.54) is 44.9 Å². The fraction of sp³-hybridized carbons (Fsp3) is 0.938. The Hall–Kier alpha value is -0.770. The average Bonchev–Trinajstić information content (AvgIpc) is 2.74. The lowest BCUT2D eigenvalue weighted by Crippen LogP contribution is -2.35. The van der Waals surface area contributed by atoms with Crippen molar-refractivity contribution in [3.8, 4) is 0 Å². The van der Waals surface area contributed by atoms with Crippen molar-refractivity contribution >= 4 is 6.09 Å². The number of carbonyl (C=O) groups excluding carboxylic acids is 1. The highest BCUT2D eigenvalue weighted by molar-refractivity contribution is 5.67. The normalized spacial score (nSPS) is 28.6. The molecule has 0 aliphatic heterocycles. The van der Waals surface area contributed by atoms with Crippen LogP contribution in [-0.4, -0.2) is 25.3 Å². The minimum absolute atomic E-state index is 0.139. The zero-order valence-corrected chi connectivity index (χ0v) is 12.6. The van der Waals surface area contributed by atoms with Crippen LogP contribution in [-0.2, 0) is 4.74 Å². The lowest BCUT2D eigenvalue weighted by Gasteiger charge is -2.28. The number of rotatable bonds is 4. The molecule has 2 aliphatic carbocycles. The molecule has 0 heterocycles. The molecule has 0 radical (unpaired) electrons. The predicted molar refractivity (Wildman–Crippen MR) is 80.5 cm³/mol. The molecule has 116 valence electrons. The summed E-state index contributed by atoms with van der Waals surface area (Å²) in [5.41, 5.74) is 5.75. The number of hydrogen-bond donors (Lipinski definition) is 2. The first-order valence-corrected chi connectivity index (χ1v) is 8.42. The summed E-state index contributed by atoms with van der Waals surface area (Å²) in [5.74, 6) is 1.23. The summed E-state index contributed by atoms with van der Waals surface area (Å²) in [6.07, 6.45) is 11.8. The minimum atomic E-state index is -0.216. The fourth-order valence-corrected chi connectivity index (χ4v) is 3.58. The van der Waals surface area contributed by atoms with Crippen LogP contribution in [0.25, 0.3) is 0 Å². The molecule has 0 bridgehead atoms. The molecule has 0 spiro atoms. The average molecular weight is 282 g/mol. The Kier molecular flexibility index (Phi) is 6.64. The molecule has 2 atom stereocenters. The zero-order valence-electron chi connectivity index (χ0n) is 12.6. The van der Waals surface area contributed by atoms with E-state index in [2.05, 4.69) is 5.32 Å². The Labute approximate surface area is 122 Å². The minimum Gasteiger partial charge on any atom is -0.446 e. The fourth-order valence-electron chi connectivity index (χ4n) is 3.58. The van der Waals surface area contributed by atoms with Gasteiger partial charge in [0.15, 0.2) is 0 Å². The first-order chi connectivity index (χ1) is 9.78. The van der Waals surface area contributed by atoms with E-state index < -0.39 is 0 Å². The van der Waals surface area contributed by atoms with Gasteiger partial charge < -0.3 is 15.8 Å². The standard InChI is InChI=1S/C16H30N2O2/c17-11-13-6-5-7-14(10-13)12-18-16(19)20-15-8-3-1-2-4-9-15/h13-15H,1-12,17H2,(H,18,19). The Bertz CT molecular complexity index is 288. The van der Waals surface area contributed by atoms with Gasteiger partial charge in [-0.15, -0.1) is 0 Å². The second-order valence-corrected chi connectivity index (χ2v) is 6.53. The van der Waals surface area contributed by atoms with Crippen LogP contribution >= 0.6 is 0 Å². The van der Waals surface area contributed by atoms with Crippen molar-refractivity contribution in [2.75, 3.05) is 13.1 Å². The molecule has 2 unspecified atom stereocenters. The number of carbonyl (C=O) groups is 1. The molecule has 3 N–H and O–H groups in total. The maximum Gasteiger partial charge on any atom is 0.407 e. The van der Waals surface area contributed by atoms with E-state index in [0.717, 1.165) is 32.4 Å². The first-order valence-electron chi connectivity index (χ1n) is 8.42. The Morgan fingerprint density at radius 3 is 2.40 bits per heavy atom. The maximum atomic E-state index is 11.9. The Morgan fingerprint density at radius 1 is 1.00 bits per heavy atom. The summed E-state index contributed by atoms with van der Waals surface area (Å²) in [5, 5.41) is 2.96. The Morgan fingerprint density at radius 2 is 1.70 bits per heavy atom. The molecule has 0 saturated heterocycles. The van der Waals surface area contributed by atoms with Crippen molar-refractivity contribution < 1.29 is 9.53 Å². The van der Waals surface area contributed by atoms with E-state index in [0.29, 0.717) is 11.8 Å². The lowest BCUT2D eigenvalue weighted by atomic mass is 9.81. The summed E-state index contributed by atoms with van der Waals surface area (Å²) < 4.78 is 5.54. The van der Waals surface area contributed by atoms with Crippen molar-refractivity contribution in [2.45, 2.75) is 70.3 Å². The van der Waals surface area contributed by atoms with Gasteiger partial charge >= 0.3 is 6.09 Å². The molecule has 0 aromatic heterocycles. The van der Waals surface area contributed by atoms with Gasteiger partial charge in [-0.3, -0.25) is 0 Å². The van der Waals surface area contributed by atoms with E-state index in [-0.39, 0.29) is 12.2 Å². The zero-order chi connectivity index (χ0) is 14.2. The van der Waals surface area contributed by atoms with E-state index >= 15 is 0 Å². The van der Waals surface area contributed by atoms with Gasteiger partial charge in [0.25, 0.3) is 0 Å². The molecule has 0 aromatic carbocycles. The highest BCUT2D eigenvalue weighted by atomic mass is 16.6. The number of nitrogens with two attached hydrogens (primary N) is 1. The quantitative estimate of drug-likeness (QED) is 0.778. The van der Waals surface area contributed by atoms with Crippen LogP contribution in [0.2, 0.25) is 0 Å². The molecule has 2 fully saturated rings. The van der Waals surface area contributed by atoms with Gasteiger partial charge in [-0.05, 0) is 63.3 Å². The number of hydrogen-bond acceptors (Lipinski definition) is 3. The number of nitrogens with one attached hydrogen (secondary N) is 1. The van der Waals surface area contributed by atoms with Crippen LogP contribution in [0.15, 0.2) is 0 Å². The molecule has 20 heavy (non-hydrogen) atoms. The van der Waals surface area contributed by atoms with Gasteiger partial charge in [0.1, 0.15) is 6.10 Å². The highest BCUT2D eigenvalue weighted by Crippen LogP contribution is 2.27. The molecule has 4 heteroatoms. The molecular weight excluding hydrogens is 252 g/mol. The van der Waals surface area contributed by atoms with E-state index in [4.69, 9.17) is 10.5 Å². The first kappa shape index (κ1) is 15.6. The third kappa shape index (κ3) is 5.31. The molecule has 2 rings (SSSR count).